The van der Waals surface area contributed by atoms with Crippen molar-refractivity contribution in [2.24, 2.45) is 4.99 Å². The van der Waals surface area contributed by atoms with Gasteiger partial charge in [0.15, 0.2) is 5.96 Å². The Hall–Kier alpha value is -2.84. The van der Waals surface area contributed by atoms with E-state index in [1.54, 1.807) is 12.1 Å². The zero-order chi connectivity index (χ0) is 17.9. The van der Waals surface area contributed by atoms with Crippen LogP contribution in [0.25, 0.3) is 0 Å². The average Bonchev–Trinajstić information content (AvgIpc) is 2.67. The van der Waals surface area contributed by atoms with Gasteiger partial charge in [-0.2, -0.15) is 5.26 Å². The van der Waals surface area contributed by atoms with Gasteiger partial charge in [-0.25, -0.2) is 4.99 Å². The third kappa shape index (κ3) is 6.28. The fraction of sp³-hybridized carbons (Fsp3) is 0.300. The molecule has 3 N–H and O–H groups in total. The number of aliphatic hydroxyl groups excluding tert-OH is 1. The van der Waals surface area contributed by atoms with Gasteiger partial charge in [0.25, 0.3) is 0 Å². The Kier molecular flexibility index (Phi) is 7.48. The predicted molar refractivity (Wildman–Crippen MR) is 100.0 cm³/mol. The Morgan fingerprint density at radius 2 is 1.84 bits per heavy atom. The van der Waals surface area contributed by atoms with Crippen molar-refractivity contribution < 1.29 is 5.11 Å². The maximum absolute atomic E-state index is 10.2. The van der Waals surface area contributed by atoms with Gasteiger partial charge in [0.1, 0.15) is 0 Å². The quantitative estimate of drug-likeness (QED) is 0.536. The molecule has 1 unspecified atom stereocenters. The number of nitrogens with one attached hydrogen (secondary N) is 2. The Morgan fingerprint density at radius 3 is 2.48 bits per heavy atom. The van der Waals surface area contributed by atoms with Crippen LogP contribution < -0.4 is 10.6 Å². The van der Waals surface area contributed by atoms with Crippen molar-refractivity contribution >= 4 is 5.96 Å². The second-order valence-corrected chi connectivity index (χ2v) is 5.65. The summed E-state index contributed by atoms with van der Waals surface area (Å²) in [7, 11) is 0. The van der Waals surface area contributed by atoms with Crippen LogP contribution in [-0.2, 0) is 6.54 Å². The molecule has 0 saturated carbocycles. The molecule has 0 bridgehead atoms. The number of nitrogens with zero attached hydrogens (tertiary/aromatic N) is 2. The SMILES string of the molecule is CCNC(=NCc1ccc(C#N)cc1)NCCC(O)c1ccccc1. The number of benzene rings is 2. The van der Waals surface area contributed by atoms with E-state index in [9.17, 15) is 5.11 Å². The first-order valence-corrected chi connectivity index (χ1v) is 8.47. The topological polar surface area (TPSA) is 80.4 Å². The molecular weight excluding hydrogens is 312 g/mol. The highest BCUT2D eigenvalue weighted by Crippen LogP contribution is 2.14. The predicted octanol–water partition coefficient (Wildman–Crippen LogP) is 2.74. The number of aliphatic hydroxyl groups is 1. The van der Waals surface area contributed by atoms with E-state index in [2.05, 4.69) is 21.7 Å². The smallest absolute Gasteiger partial charge is 0.191 e. The zero-order valence-corrected chi connectivity index (χ0v) is 14.4. The standard InChI is InChI=1S/C20H24N4O/c1-2-22-20(24-15-17-10-8-16(14-21)9-11-17)23-13-12-19(25)18-6-4-3-5-7-18/h3-11,19,25H,2,12-13,15H2,1H3,(H2,22,23,24). The average molecular weight is 336 g/mol. The van der Waals surface area contributed by atoms with Gasteiger partial charge in [-0.1, -0.05) is 42.5 Å². The molecule has 130 valence electrons. The van der Waals surface area contributed by atoms with Crippen molar-refractivity contribution in [3.8, 4) is 6.07 Å². The zero-order valence-electron chi connectivity index (χ0n) is 14.4. The van der Waals surface area contributed by atoms with E-state index >= 15 is 0 Å². The molecule has 0 radical (unpaired) electrons. The van der Waals surface area contributed by atoms with Gasteiger partial charge < -0.3 is 15.7 Å². The van der Waals surface area contributed by atoms with Crippen LogP contribution in [0.1, 0.15) is 36.1 Å². The minimum absolute atomic E-state index is 0.491. The number of hydrogen-bond donors (Lipinski definition) is 3. The van der Waals surface area contributed by atoms with E-state index in [0.29, 0.717) is 31.0 Å². The van der Waals surface area contributed by atoms with E-state index in [-0.39, 0.29) is 0 Å². The van der Waals surface area contributed by atoms with Crippen LogP contribution in [0.3, 0.4) is 0 Å². The molecule has 2 aromatic carbocycles. The molecule has 1 atom stereocenters. The molecule has 0 amide bonds. The molecule has 5 heteroatoms. The minimum Gasteiger partial charge on any atom is -0.388 e. The van der Waals surface area contributed by atoms with Gasteiger partial charge >= 0.3 is 0 Å². The van der Waals surface area contributed by atoms with Gasteiger partial charge in [-0.3, -0.25) is 0 Å². The second kappa shape index (κ2) is 10.1. The Morgan fingerprint density at radius 1 is 1.12 bits per heavy atom. The summed E-state index contributed by atoms with van der Waals surface area (Å²) in [4.78, 5) is 4.54. The van der Waals surface area contributed by atoms with Crippen molar-refractivity contribution in [3.63, 3.8) is 0 Å². The first-order chi connectivity index (χ1) is 12.2. The van der Waals surface area contributed by atoms with Crippen molar-refractivity contribution in [2.75, 3.05) is 13.1 Å². The molecule has 0 aliphatic heterocycles. The highest BCUT2D eigenvalue weighted by molar-refractivity contribution is 5.79. The molecule has 2 rings (SSSR count). The van der Waals surface area contributed by atoms with Gasteiger partial charge in [-0.15, -0.1) is 0 Å². The first kappa shape index (κ1) is 18.5. The molecule has 5 nitrogen and oxygen atoms in total. The number of rotatable bonds is 7. The molecule has 0 heterocycles. The number of guanidine groups is 1. The minimum atomic E-state index is -0.491. The molecular formula is C20H24N4O. The largest absolute Gasteiger partial charge is 0.388 e. The van der Waals surface area contributed by atoms with E-state index in [1.807, 2.05) is 49.4 Å². The fourth-order valence-corrected chi connectivity index (χ4v) is 2.37. The Labute approximate surface area is 149 Å². The number of nitriles is 1. The van der Waals surface area contributed by atoms with Crippen LogP contribution >= 0.6 is 0 Å². The van der Waals surface area contributed by atoms with Gasteiger partial charge in [0.05, 0.1) is 24.3 Å². The number of aliphatic imine (C=N–C) groups is 1. The van der Waals surface area contributed by atoms with E-state index in [4.69, 9.17) is 5.26 Å². The lowest BCUT2D eigenvalue weighted by Crippen LogP contribution is -2.38. The summed E-state index contributed by atoms with van der Waals surface area (Å²) < 4.78 is 0. The summed E-state index contributed by atoms with van der Waals surface area (Å²) in [6.45, 7) is 3.93. The lowest BCUT2D eigenvalue weighted by molar-refractivity contribution is 0.168. The molecule has 2 aromatic rings. The van der Waals surface area contributed by atoms with Gasteiger partial charge in [-0.05, 0) is 36.6 Å². The molecule has 0 spiro atoms. The third-order valence-corrected chi connectivity index (χ3v) is 3.74. The molecule has 0 fully saturated rings. The van der Waals surface area contributed by atoms with Crippen LogP contribution in [0, 0.1) is 11.3 Å². The van der Waals surface area contributed by atoms with Crippen LogP contribution in [-0.4, -0.2) is 24.2 Å². The molecule has 0 aromatic heterocycles. The van der Waals surface area contributed by atoms with Gasteiger partial charge in [0.2, 0.25) is 0 Å². The summed E-state index contributed by atoms with van der Waals surface area (Å²) in [5.41, 5.74) is 2.61. The van der Waals surface area contributed by atoms with Crippen molar-refractivity contribution in [1.82, 2.24) is 10.6 Å². The summed E-state index contributed by atoms with van der Waals surface area (Å²) in [6, 6.07) is 19.1. The first-order valence-electron chi connectivity index (χ1n) is 8.47. The fourth-order valence-electron chi connectivity index (χ4n) is 2.37. The number of hydrogen-bond acceptors (Lipinski definition) is 3. The molecule has 0 aliphatic rings. The molecule has 25 heavy (non-hydrogen) atoms. The Balaban J connectivity index is 1.85. The molecule has 0 aliphatic carbocycles. The van der Waals surface area contributed by atoms with Crippen molar-refractivity contribution in [1.29, 1.82) is 5.26 Å². The monoisotopic (exact) mass is 336 g/mol. The maximum Gasteiger partial charge on any atom is 0.191 e. The van der Waals surface area contributed by atoms with Crippen LogP contribution in [0.5, 0.6) is 0 Å². The summed E-state index contributed by atoms with van der Waals surface area (Å²) in [5.74, 6) is 0.715. The Bertz CT molecular complexity index is 705. The van der Waals surface area contributed by atoms with E-state index in [0.717, 1.165) is 17.7 Å². The summed E-state index contributed by atoms with van der Waals surface area (Å²) in [6.07, 6.45) is 0.112. The van der Waals surface area contributed by atoms with E-state index < -0.39 is 6.10 Å². The van der Waals surface area contributed by atoms with Crippen molar-refractivity contribution in [2.45, 2.75) is 26.0 Å². The lowest BCUT2D eigenvalue weighted by Gasteiger charge is -2.14. The van der Waals surface area contributed by atoms with E-state index in [1.165, 1.54) is 0 Å². The normalized spacial score (nSPS) is 12.3. The third-order valence-electron chi connectivity index (χ3n) is 3.74. The van der Waals surface area contributed by atoms with Crippen molar-refractivity contribution in [3.05, 3.63) is 71.3 Å². The van der Waals surface area contributed by atoms with Crippen LogP contribution in [0.4, 0.5) is 0 Å². The molecule has 0 saturated heterocycles. The summed E-state index contributed by atoms with van der Waals surface area (Å²) in [5, 5.41) is 25.5. The maximum atomic E-state index is 10.2. The summed E-state index contributed by atoms with van der Waals surface area (Å²) >= 11 is 0. The van der Waals surface area contributed by atoms with Crippen LogP contribution in [0.2, 0.25) is 0 Å². The lowest BCUT2D eigenvalue weighted by atomic mass is 10.1. The highest BCUT2D eigenvalue weighted by atomic mass is 16.3. The highest BCUT2D eigenvalue weighted by Gasteiger charge is 2.07. The second-order valence-electron chi connectivity index (χ2n) is 5.65. The van der Waals surface area contributed by atoms with Crippen LogP contribution in [0.15, 0.2) is 59.6 Å². The van der Waals surface area contributed by atoms with Gasteiger partial charge in [0, 0.05) is 13.1 Å².